The SMILES string of the molecule is CC1(C)S[C@@H]2[C@H](Cl)C(=O)N2[C@H]1C(=O)O.NCc1ccccc1. The van der Waals surface area contributed by atoms with Crippen molar-refractivity contribution >= 4 is 35.2 Å². The van der Waals surface area contributed by atoms with E-state index < -0.39 is 22.1 Å². The standard InChI is InChI=1S/C8H10ClNO3S.C7H9N/c1-8(2)4(7(12)13)10-5(11)3(9)6(10)14-8;8-6-7-4-2-1-3-5-7/h3-4,6H,1-2H3,(H,12,13);1-5H,6,8H2/t3-,4+,6-;/m1./s1. The number of thioether (sulfide) groups is 1. The highest BCUT2D eigenvalue weighted by atomic mass is 35.5. The highest BCUT2D eigenvalue weighted by Gasteiger charge is 2.63. The van der Waals surface area contributed by atoms with Crippen molar-refractivity contribution in [2.24, 2.45) is 5.73 Å². The predicted octanol–water partition coefficient (Wildman–Crippen LogP) is 1.89. The summed E-state index contributed by atoms with van der Waals surface area (Å²) in [6, 6.07) is 9.24. The van der Waals surface area contributed by atoms with Crippen LogP contribution in [0, 0.1) is 0 Å². The van der Waals surface area contributed by atoms with Crippen molar-refractivity contribution in [2.45, 2.75) is 41.9 Å². The highest BCUT2D eigenvalue weighted by Crippen LogP contribution is 2.52. The van der Waals surface area contributed by atoms with Gasteiger partial charge in [0.25, 0.3) is 0 Å². The first-order valence-corrected chi connectivity index (χ1v) is 8.22. The molecular formula is C15H19ClN2O3S. The Labute approximate surface area is 138 Å². The van der Waals surface area contributed by atoms with Crippen LogP contribution in [0.1, 0.15) is 19.4 Å². The number of carboxylic acid groups (broad SMARTS) is 1. The molecule has 0 unspecified atom stereocenters. The van der Waals surface area contributed by atoms with E-state index in [0.717, 1.165) is 0 Å². The molecule has 7 heteroatoms. The molecule has 3 rings (SSSR count). The van der Waals surface area contributed by atoms with Crippen molar-refractivity contribution < 1.29 is 14.7 Å². The lowest BCUT2D eigenvalue weighted by Crippen LogP contribution is -2.63. The second kappa shape index (κ2) is 6.48. The van der Waals surface area contributed by atoms with Gasteiger partial charge in [-0.25, -0.2) is 4.79 Å². The van der Waals surface area contributed by atoms with E-state index in [1.54, 1.807) is 0 Å². The molecule has 120 valence electrons. The van der Waals surface area contributed by atoms with Crippen LogP contribution in [0.15, 0.2) is 30.3 Å². The highest BCUT2D eigenvalue weighted by molar-refractivity contribution is 8.01. The summed E-state index contributed by atoms with van der Waals surface area (Å²) < 4.78 is -0.462. The molecule has 1 aromatic rings. The minimum atomic E-state index is -0.957. The van der Waals surface area contributed by atoms with Crippen molar-refractivity contribution in [2.75, 3.05) is 0 Å². The molecule has 5 nitrogen and oxygen atoms in total. The fourth-order valence-electron chi connectivity index (χ4n) is 2.58. The Morgan fingerprint density at radius 1 is 1.41 bits per heavy atom. The van der Waals surface area contributed by atoms with E-state index >= 15 is 0 Å². The minimum absolute atomic E-state index is 0.166. The first kappa shape index (κ1) is 17.1. The number of fused-ring (bicyclic) bond motifs is 1. The average molecular weight is 343 g/mol. The van der Waals surface area contributed by atoms with E-state index in [1.165, 1.54) is 22.2 Å². The van der Waals surface area contributed by atoms with Gasteiger partial charge in [-0.15, -0.1) is 23.4 Å². The number of hydrogen-bond donors (Lipinski definition) is 2. The molecule has 3 atom stereocenters. The summed E-state index contributed by atoms with van der Waals surface area (Å²) in [4.78, 5) is 23.8. The van der Waals surface area contributed by atoms with Gasteiger partial charge in [-0.3, -0.25) is 4.79 Å². The predicted molar refractivity (Wildman–Crippen MR) is 87.7 cm³/mol. The molecule has 2 aliphatic rings. The molecule has 0 aromatic heterocycles. The molecular weight excluding hydrogens is 324 g/mol. The van der Waals surface area contributed by atoms with Crippen LogP contribution in [0.3, 0.4) is 0 Å². The largest absolute Gasteiger partial charge is 0.480 e. The zero-order valence-electron chi connectivity index (χ0n) is 12.4. The number of rotatable bonds is 2. The fourth-order valence-corrected chi connectivity index (χ4v) is 4.51. The fraction of sp³-hybridized carbons (Fsp3) is 0.467. The van der Waals surface area contributed by atoms with Crippen LogP contribution >= 0.6 is 23.4 Å². The number of amides is 1. The van der Waals surface area contributed by atoms with Crippen LogP contribution in [-0.2, 0) is 16.1 Å². The van der Waals surface area contributed by atoms with Crippen LogP contribution in [0.2, 0.25) is 0 Å². The van der Waals surface area contributed by atoms with Gasteiger partial charge in [0.2, 0.25) is 5.91 Å². The summed E-state index contributed by atoms with van der Waals surface area (Å²) in [5.74, 6) is -1.22. The first-order chi connectivity index (χ1) is 10.3. The van der Waals surface area contributed by atoms with Gasteiger partial charge in [0, 0.05) is 11.3 Å². The van der Waals surface area contributed by atoms with Crippen molar-refractivity contribution in [3.8, 4) is 0 Å². The summed E-state index contributed by atoms with van der Waals surface area (Å²) in [5, 5.41) is 8.31. The number of alkyl halides is 1. The van der Waals surface area contributed by atoms with Gasteiger partial charge < -0.3 is 15.7 Å². The van der Waals surface area contributed by atoms with E-state index in [4.69, 9.17) is 22.4 Å². The number of β-lactam (4-membered cyclic amide) rings is 1. The third-order valence-electron chi connectivity index (χ3n) is 3.69. The van der Waals surface area contributed by atoms with Crippen molar-refractivity contribution in [3.05, 3.63) is 35.9 Å². The Morgan fingerprint density at radius 3 is 2.45 bits per heavy atom. The topological polar surface area (TPSA) is 83.6 Å². The Morgan fingerprint density at radius 2 is 2.00 bits per heavy atom. The Hall–Kier alpha value is -1.24. The molecule has 2 aliphatic heterocycles. The van der Waals surface area contributed by atoms with Crippen molar-refractivity contribution in [1.82, 2.24) is 4.90 Å². The summed E-state index contributed by atoms with van der Waals surface area (Å²) in [5.41, 5.74) is 6.54. The molecule has 0 aliphatic carbocycles. The molecule has 2 saturated heterocycles. The summed E-state index contributed by atoms with van der Waals surface area (Å²) in [6.45, 7) is 4.29. The summed E-state index contributed by atoms with van der Waals surface area (Å²) in [7, 11) is 0. The van der Waals surface area contributed by atoms with Gasteiger partial charge in [0.05, 0.1) is 0 Å². The van der Waals surface area contributed by atoms with Gasteiger partial charge in [-0.1, -0.05) is 30.3 Å². The average Bonchev–Trinajstić information content (AvgIpc) is 2.77. The number of carboxylic acids is 1. The first-order valence-electron chi connectivity index (χ1n) is 6.90. The lowest BCUT2D eigenvalue weighted by Gasteiger charge is -2.40. The van der Waals surface area contributed by atoms with Gasteiger partial charge >= 0.3 is 5.97 Å². The molecule has 3 N–H and O–H groups in total. The van der Waals surface area contributed by atoms with E-state index in [2.05, 4.69) is 0 Å². The van der Waals surface area contributed by atoms with Crippen LogP contribution in [0.5, 0.6) is 0 Å². The molecule has 22 heavy (non-hydrogen) atoms. The molecule has 0 bridgehead atoms. The van der Waals surface area contributed by atoms with E-state index in [-0.39, 0.29) is 11.3 Å². The third kappa shape index (κ3) is 3.09. The van der Waals surface area contributed by atoms with E-state index in [0.29, 0.717) is 6.54 Å². The van der Waals surface area contributed by atoms with Gasteiger partial charge in [0.1, 0.15) is 16.8 Å². The summed E-state index contributed by atoms with van der Waals surface area (Å²) >= 11 is 7.25. The number of nitrogens with two attached hydrogens (primary N) is 1. The number of aliphatic carboxylic acids is 1. The number of benzene rings is 1. The number of carbonyl (C=O) groups is 2. The maximum atomic E-state index is 11.4. The minimum Gasteiger partial charge on any atom is -0.480 e. The van der Waals surface area contributed by atoms with Gasteiger partial charge in [-0.05, 0) is 19.4 Å². The zero-order valence-corrected chi connectivity index (χ0v) is 14.0. The van der Waals surface area contributed by atoms with E-state index in [1.807, 2.05) is 44.2 Å². The second-order valence-electron chi connectivity index (χ2n) is 5.69. The van der Waals surface area contributed by atoms with E-state index in [9.17, 15) is 9.59 Å². The lowest BCUT2D eigenvalue weighted by molar-refractivity contribution is -0.156. The number of halogens is 1. The van der Waals surface area contributed by atoms with Crippen molar-refractivity contribution in [3.63, 3.8) is 0 Å². The molecule has 2 fully saturated rings. The quantitative estimate of drug-likeness (QED) is 0.633. The van der Waals surface area contributed by atoms with Gasteiger partial charge in [0.15, 0.2) is 0 Å². The monoisotopic (exact) mass is 342 g/mol. The van der Waals surface area contributed by atoms with Crippen molar-refractivity contribution in [1.29, 1.82) is 0 Å². The zero-order chi connectivity index (χ0) is 16.5. The number of carbonyl (C=O) groups excluding carboxylic acids is 1. The van der Waals surface area contributed by atoms with Crippen LogP contribution < -0.4 is 5.73 Å². The maximum absolute atomic E-state index is 11.4. The Bertz CT molecular complexity index is 567. The molecule has 1 aromatic carbocycles. The Kier molecular flexibility index (Phi) is 5.04. The van der Waals surface area contributed by atoms with Gasteiger partial charge in [-0.2, -0.15) is 0 Å². The smallest absolute Gasteiger partial charge is 0.327 e. The molecule has 1 amide bonds. The lowest BCUT2D eigenvalue weighted by atomic mass is 9.98. The van der Waals surface area contributed by atoms with Crippen LogP contribution in [-0.4, -0.2) is 43.4 Å². The van der Waals surface area contributed by atoms with Crippen LogP contribution in [0.25, 0.3) is 0 Å². The normalized spacial score (nSPS) is 28.3. The maximum Gasteiger partial charge on any atom is 0.327 e. The third-order valence-corrected chi connectivity index (χ3v) is 5.83. The number of hydrogen-bond acceptors (Lipinski definition) is 4. The molecule has 0 spiro atoms. The second-order valence-corrected chi connectivity index (χ2v) is 7.93. The Balaban J connectivity index is 0.000000188. The van der Waals surface area contributed by atoms with Crippen LogP contribution in [0.4, 0.5) is 0 Å². The molecule has 2 heterocycles. The molecule has 0 saturated carbocycles. The summed E-state index contributed by atoms with van der Waals surface area (Å²) in [6.07, 6.45) is 0. The number of nitrogens with zero attached hydrogens (tertiary/aromatic N) is 1. The molecule has 0 radical (unpaired) electrons.